The minimum atomic E-state index is -0.0271. The number of rotatable bonds is 8. The molecule has 1 aliphatic heterocycles. The molecule has 1 N–H and O–H groups in total. The van der Waals surface area contributed by atoms with E-state index in [1.54, 1.807) is 11.0 Å². The fourth-order valence-corrected chi connectivity index (χ4v) is 2.93. The number of hydrogen-bond donors (Lipinski definition) is 1. The average Bonchev–Trinajstić information content (AvgIpc) is 2.63. The quantitative estimate of drug-likeness (QED) is 0.747. The van der Waals surface area contributed by atoms with Crippen molar-refractivity contribution in [1.82, 2.24) is 15.1 Å². The summed E-state index contributed by atoms with van der Waals surface area (Å²) in [5, 5.41) is 3.61. The lowest BCUT2D eigenvalue weighted by molar-refractivity contribution is -0.138. The maximum Gasteiger partial charge on any atom is 0.248 e. The zero-order valence-electron chi connectivity index (χ0n) is 15.5. The Bertz CT molecular complexity index is 603. The number of halogens is 1. The molecule has 0 spiro atoms. The lowest BCUT2D eigenvalue weighted by Gasteiger charge is -2.34. The van der Waals surface area contributed by atoms with Gasteiger partial charge in [-0.05, 0) is 25.0 Å². The Kier molecular flexibility index (Phi) is 8.35. The van der Waals surface area contributed by atoms with Crippen molar-refractivity contribution in [2.75, 3.05) is 39.3 Å². The maximum atomic E-state index is 12.3. The van der Waals surface area contributed by atoms with Crippen LogP contribution in [0.1, 0.15) is 25.8 Å². The van der Waals surface area contributed by atoms with Gasteiger partial charge in [-0.1, -0.05) is 36.7 Å². The van der Waals surface area contributed by atoms with Crippen LogP contribution in [0.15, 0.2) is 24.3 Å². The van der Waals surface area contributed by atoms with Crippen LogP contribution in [0, 0.1) is 0 Å². The fraction of sp³-hybridized carbons (Fsp3) is 0.579. The number of benzene rings is 1. The molecule has 1 aromatic carbocycles. The van der Waals surface area contributed by atoms with E-state index in [0.717, 1.165) is 12.0 Å². The number of nitrogens with one attached hydrogen (secondary N) is 1. The predicted molar refractivity (Wildman–Crippen MR) is 102 cm³/mol. The molecule has 0 aliphatic carbocycles. The van der Waals surface area contributed by atoms with Crippen molar-refractivity contribution in [2.24, 2.45) is 0 Å². The second-order valence-electron chi connectivity index (χ2n) is 6.62. The average molecular weight is 382 g/mol. The summed E-state index contributed by atoms with van der Waals surface area (Å²) in [5.74, 6) is 0.0166. The van der Waals surface area contributed by atoms with Gasteiger partial charge in [0.2, 0.25) is 11.8 Å². The van der Waals surface area contributed by atoms with Crippen molar-refractivity contribution < 1.29 is 14.3 Å². The first-order chi connectivity index (χ1) is 12.5. The number of amides is 2. The maximum absolute atomic E-state index is 12.3. The lowest BCUT2D eigenvalue weighted by Crippen LogP contribution is -2.52. The molecule has 2 rings (SSSR count). The van der Waals surface area contributed by atoms with Crippen LogP contribution in [0.3, 0.4) is 0 Å². The van der Waals surface area contributed by atoms with Crippen LogP contribution in [0.4, 0.5) is 0 Å². The molecule has 0 bridgehead atoms. The highest BCUT2D eigenvalue weighted by Crippen LogP contribution is 2.15. The largest absolute Gasteiger partial charge is 0.367 e. The van der Waals surface area contributed by atoms with E-state index < -0.39 is 0 Å². The molecule has 6 nitrogen and oxygen atoms in total. The predicted octanol–water partition coefficient (Wildman–Crippen LogP) is 1.92. The van der Waals surface area contributed by atoms with Crippen molar-refractivity contribution in [2.45, 2.75) is 32.9 Å². The molecule has 1 atom stereocenters. The SMILES string of the molecule is CCC(C)NC(=O)CN1CCN(C(=O)COCc2ccccc2Cl)CC1. The van der Waals surface area contributed by atoms with E-state index in [1.165, 1.54) is 0 Å². The Balaban J connectivity index is 1.66. The molecule has 26 heavy (non-hydrogen) atoms. The summed E-state index contributed by atoms with van der Waals surface area (Å²) in [4.78, 5) is 28.1. The molecular formula is C19H28ClN3O3. The van der Waals surface area contributed by atoms with Gasteiger partial charge in [-0.3, -0.25) is 14.5 Å². The topological polar surface area (TPSA) is 61.9 Å². The molecule has 0 saturated carbocycles. The van der Waals surface area contributed by atoms with Gasteiger partial charge in [0.25, 0.3) is 0 Å². The molecule has 1 saturated heterocycles. The van der Waals surface area contributed by atoms with Crippen LogP contribution in [-0.2, 0) is 20.9 Å². The molecule has 1 fully saturated rings. The fourth-order valence-electron chi connectivity index (χ4n) is 2.74. The number of carbonyl (C=O) groups is 2. The molecule has 0 aromatic heterocycles. The van der Waals surface area contributed by atoms with Gasteiger partial charge in [-0.25, -0.2) is 0 Å². The van der Waals surface area contributed by atoms with Crippen molar-refractivity contribution >= 4 is 23.4 Å². The van der Waals surface area contributed by atoms with Crippen molar-refractivity contribution in [3.63, 3.8) is 0 Å². The van der Waals surface area contributed by atoms with E-state index in [2.05, 4.69) is 10.2 Å². The third-order valence-electron chi connectivity index (χ3n) is 4.55. The summed E-state index contributed by atoms with van der Waals surface area (Å²) < 4.78 is 5.51. The molecule has 7 heteroatoms. The second-order valence-corrected chi connectivity index (χ2v) is 7.03. The summed E-state index contributed by atoms with van der Waals surface area (Å²) >= 11 is 6.07. The van der Waals surface area contributed by atoms with E-state index in [1.807, 2.05) is 32.0 Å². The third kappa shape index (κ3) is 6.59. The van der Waals surface area contributed by atoms with Gasteiger partial charge in [-0.2, -0.15) is 0 Å². The molecule has 1 heterocycles. The van der Waals surface area contributed by atoms with Crippen LogP contribution >= 0.6 is 11.6 Å². The first-order valence-electron chi connectivity index (χ1n) is 9.10. The first-order valence-corrected chi connectivity index (χ1v) is 9.48. The Morgan fingerprint density at radius 3 is 2.58 bits per heavy atom. The first kappa shape index (κ1) is 20.7. The summed E-state index contributed by atoms with van der Waals surface area (Å²) in [5.41, 5.74) is 0.874. The third-order valence-corrected chi connectivity index (χ3v) is 4.92. The second kappa shape index (κ2) is 10.5. The summed E-state index contributed by atoms with van der Waals surface area (Å²) in [6.45, 7) is 7.42. The molecular weight excluding hydrogens is 354 g/mol. The van der Waals surface area contributed by atoms with E-state index >= 15 is 0 Å². The number of carbonyl (C=O) groups excluding carboxylic acids is 2. The van der Waals surface area contributed by atoms with Gasteiger partial charge in [0.05, 0.1) is 13.2 Å². The van der Waals surface area contributed by atoms with Gasteiger partial charge >= 0.3 is 0 Å². The highest BCUT2D eigenvalue weighted by atomic mass is 35.5. The molecule has 1 unspecified atom stereocenters. The van der Waals surface area contributed by atoms with Crippen LogP contribution in [0.2, 0.25) is 5.02 Å². The minimum Gasteiger partial charge on any atom is -0.367 e. The van der Waals surface area contributed by atoms with Crippen LogP contribution in [-0.4, -0.2) is 67.0 Å². The number of piperazine rings is 1. The van der Waals surface area contributed by atoms with E-state index in [9.17, 15) is 9.59 Å². The number of ether oxygens (including phenoxy) is 1. The lowest BCUT2D eigenvalue weighted by atomic mass is 10.2. The minimum absolute atomic E-state index is 0.0271. The Morgan fingerprint density at radius 1 is 1.23 bits per heavy atom. The smallest absolute Gasteiger partial charge is 0.248 e. The van der Waals surface area contributed by atoms with Crippen molar-refractivity contribution in [3.05, 3.63) is 34.9 Å². The van der Waals surface area contributed by atoms with Gasteiger partial charge < -0.3 is 15.0 Å². The van der Waals surface area contributed by atoms with Crippen LogP contribution in [0.25, 0.3) is 0 Å². The monoisotopic (exact) mass is 381 g/mol. The number of nitrogens with zero attached hydrogens (tertiary/aromatic N) is 2. The van der Waals surface area contributed by atoms with Gasteiger partial charge in [0.1, 0.15) is 6.61 Å². The van der Waals surface area contributed by atoms with E-state index in [0.29, 0.717) is 44.4 Å². The van der Waals surface area contributed by atoms with E-state index in [4.69, 9.17) is 16.3 Å². The standard InChI is InChI=1S/C19H28ClN3O3/c1-3-15(2)21-18(24)12-22-8-10-23(11-9-22)19(25)14-26-13-16-6-4-5-7-17(16)20/h4-7,15H,3,8-14H2,1-2H3,(H,21,24). The van der Waals surface area contributed by atoms with Gasteiger partial charge in [-0.15, -0.1) is 0 Å². The zero-order valence-corrected chi connectivity index (χ0v) is 16.3. The number of hydrogen-bond acceptors (Lipinski definition) is 4. The Hall–Kier alpha value is -1.63. The highest BCUT2D eigenvalue weighted by Gasteiger charge is 2.22. The summed E-state index contributed by atoms with van der Waals surface area (Å²) in [6.07, 6.45) is 0.919. The summed E-state index contributed by atoms with van der Waals surface area (Å²) in [6, 6.07) is 7.64. The highest BCUT2D eigenvalue weighted by molar-refractivity contribution is 6.31. The Labute approximate surface area is 160 Å². The molecule has 0 radical (unpaired) electrons. The Morgan fingerprint density at radius 2 is 1.92 bits per heavy atom. The van der Waals surface area contributed by atoms with Crippen molar-refractivity contribution in [1.29, 1.82) is 0 Å². The summed E-state index contributed by atoms with van der Waals surface area (Å²) in [7, 11) is 0. The molecule has 2 amide bonds. The van der Waals surface area contributed by atoms with E-state index in [-0.39, 0.29) is 24.5 Å². The van der Waals surface area contributed by atoms with Crippen molar-refractivity contribution in [3.8, 4) is 0 Å². The van der Waals surface area contributed by atoms with Gasteiger partial charge in [0.15, 0.2) is 0 Å². The molecule has 1 aromatic rings. The zero-order chi connectivity index (χ0) is 18.9. The normalized spacial score (nSPS) is 16.3. The molecule has 1 aliphatic rings. The molecule has 144 valence electrons. The van der Waals surface area contributed by atoms with Gasteiger partial charge in [0, 0.05) is 37.2 Å². The van der Waals surface area contributed by atoms with Crippen LogP contribution in [0.5, 0.6) is 0 Å². The van der Waals surface area contributed by atoms with Crippen LogP contribution < -0.4 is 5.32 Å².